The lowest BCUT2D eigenvalue weighted by atomic mass is 9.87. The van der Waals surface area contributed by atoms with Gasteiger partial charge in [-0.05, 0) is 101 Å². The molecular weight excluding hydrogens is 633 g/mol. The topological polar surface area (TPSA) is 18.5 Å². The molecule has 0 radical (unpaired) electrons. The lowest BCUT2D eigenvalue weighted by Crippen LogP contribution is -2.03. The van der Waals surface area contributed by atoms with Crippen LogP contribution in [0.2, 0.25) is 0 Å². The molecule has 0 spiro atoms. The second kappa shape index (κ2) is 14.0. The molecule has 0 saturated carbocycles. The van der Waals surface area contributed by atoms with E-state index in [1.54, 1.807) is 0 Å². The molecule has 0 aliphatic carbocycles. The van der Waals surface area contributed by atoms with E-state index in [0.717, 1.165) is 35.5 Å². The summed E-state index contributed by atoms with van der Waals surface area (Å²) in [6, 6.07) is 45.2. The third-order valence-corrected chi connectivity index (χ3v) is 11.2. The Labute approximate surface area is 306 Å². The van der Waals surface area contributed by atoms with Gasteiger partial charge in [0.25, 0.3) is 0 Å². The average Bonchev–Trinajstić information content (AvgIpc) is 3.19. The van der Waals surface area contributed by atoms with E-state index in [2.05, 4.69) is 135 Å². The molecule has 52 heavy (non-hydrogen) atoms. The zero-order valence-corrected chi connectivity index (χ0v) is 30.4. The Bertz CT molecular complexity index is 2450. The molecule has 0 heterocycles. The SMILES string of the molecule is CCCCCCOc1cc(-c2ccc3ccc4cccc5ccc2c3c45)c(OCCCCCC)cc1-c1ccc2ccc3cccc4ccc1c2c34. The van der Waals surface area contributed by atoms with Crippen LogP contribution < -0.4 is 9.47 Å². The highest BCUT2D eigenvalue weighted by Crippen LogP contribution is 2.48. The molecule has 0 aliphatic rings. The molecule has 0 aliphatic heterocycles. The summed E-state index contributed by atoms with van der Waals surface area (Å²) in [6.45, 7) is 5.90. The van der Waals surface area contributed by atoms with Crippen LogP contribution in [0.1, 0.15) is 65.2 Å². The van der Waals surface area contributed by atoms with Crippen LogP contribution in [0.3, 0.4) is 0 Å². The first-order chi connectivity index (χ1) is 25.7. The van der Waals surface area contributed by atoms with Crippen LogP contribution in [0.5, 0.6) is 11.5 Å². The Morgan fingerprint density at radius 2 is 0.712 bits per heavy atom. The fraction of sp³-hybridized carbons (Fsp3) is 0.240. The normalized spacial score (nSPS) is 12.0. The van der Waals surface area contributed by atoms with Gasteiger partial charge in [0.15, 0.2) is 0 Å². The van der Waals surface area contributed by atoms with Crippen LogP contribution in [0, 0.1) is 0 Å². The van der Waals surface area contributed by atoms with E-state index in [4.69, 9.17) is 9.47 Å². The Kier molecular flexibility index (Phi) is 8.76. The van der Waals surface area contributed by atoms with Crippen molar-refractivity contribution >= 4 is 64.6 Å². The molecule has 0 amide bonds. The van der Waals surface area contributed by atoms with Crippen LogP contribution in [0.15, 0.2) is 121 Å². The Morgan fingerprint density at radius 3 is 1.12 bits per heavy atom. The summed E-state index contributed by atoms with van der Waals surface area (Å²) in [5.41, 5.74) is 4.57. The molecule has 0 unspecified atom stereocenters. The summed E-state index contributed by atoms with van der Waals surface area (Å²) in [7, 11) is 0. The van der Waals surface area contributed by atoms with Gasteiger partial charge in [-0.25, -0.2) is 0 Å². The van der Waals surface area contributed by atoms with Crippen molar-refractivity contribution < 1.29 is 9.47 Å². The van der Waals surface area contributed by atoms with E-state index in [1.807, 2.05) is 0 Å². The first-order valence-corrected chi connectivity index (χ1v) is 19.5. The van der Waals surface area contributed by atoms with Gasteiger partial charge < -0.3 is 9.47 Å². The van der Waals surface area contributed by atoms with E-state index >= 15 is 0 Å². The second-order valence-corrected chi connectivity index (χ2v) is 14.6. The largest absolute Gasteiger partial charge is 0.493 e. The first-order valence-electron chi connectivity index (χ1n) is 19.5. The van der Waals surface area contributed by atoms with Crippen molar-refractivity contribution in [1.82, 2.24) is 0 Å². The van der Waals surface area contributed by atoms with Crippen LogP contribution in [-0.2, 0) is 0 Å². The molecule has 9 rings (SSSR count). The standard InChI is InChI=1S/C50H46O2/c1-3-5-7-9-29-51-45-31-44(40-26-22-38-20-18-34-14-12-16-36-24-28-42(40)50(38)48(34)36)46(52-30-10-8-6-4-2)32-43(45)39-25-21-37-19-17-33-13-11-15-35-23-27-41(39)49(37)47(33)35/h11-28,31-32H,3-10,29-30H2,1-2H3. The van der Waals surface area contributed by atoms with Crippen molar-refractivity contribution in [1.29, 1.82) is 0 Å². The van der Waals surface area contributed by atoms with E-state index in [1.165, 1.54) is 114 Å². The maximum absolute atomic E-state index is 6.87. The number of benzene rings is 9. The van der Waals surface area contributed by atoms with Gasteiger partial charge in [0.1, 0.15) is 11.5 Å². The molecular formula is C50H46O2. The fourth-order valence-electron chi connectivity index (χ4n) is 8.58. The van der Waals surface area contributed by atoms with E-state index in [9.17, 15) is 0 Å². The van der Waals surface area contributed by atoms with E-state index in [-0.39, 0.29) is 0 Å². The zero-order chi connectivity index (χ0) is 35.0. The maximum Gasteiger partial charge on any atom is 0.128 e. The smallest absolute Gasteiger partial charge is 0.128 e. The zero-order valence-electron chi connectivity index (χ0n) is 30.4. The summed E-state index contributed by atoms with van der Waals surface area (Å²) in [5.74, 6) is 1.84. The van der Waals surface area contributed by atoms with Gasteiger partial charge in [-0.3, -0.25) is 0 Å². The highest BCUT2D eigenvalue weighted by atomic mass is 16.5. The van der Waals surface area contributed by atoms with Crippen molar-refractivity contribution in [3.8, 4) is 33.8 Å². The molecule has 2 nitrogen and oxygen atoms in total. The number of hydrogen-bond acceptors (Lipinski definition) is 2. The van der Waals surface area contributed by atoms with Crippen LogP contribution >= 0.6 is 0 Å². The Balaban J connectivity index is 1.27. The predicted octanol–water partition coefficient (Wildman–Crippen LogP) is 14.7. The van der Waals surface area contributed by atoms with Crippen molar-refractivity contribution in [2.75, 3.05) is 13.2 Å². The van der Waals surface area contributed by atoms with Gasteiger partial charge in [-0.1, -0.05) is 162 Å². The fourth-order valence-corrected chi connectivity index (χ4v) is 8.58. The number of unbranched alkanes of at least 4 members (excludes halogenated alkanes) is 6. The van der Waals surface area contributed by atoms with E-state index in [0.29, 0.717) is 13.2 Å². The van der Waals surface area contributed by atoms with Crippen molar-refractivity contribution in [3.05, 3.63) is 121 Å². The molecule has 9 aromatic rings. The minimum absolute atomic E-state index is 0.688. The van der Waals surface area contributed by atoms with Crippen molar-refractivity contribution in [3.63, 3.8) is 0 Å². The Morgan fingerprint density at radius 1 is 0.346 bits per heavy atom. The molecule has 0 aromatic heterocycles. The first kappa shape index (κ1) is 32.6. The quantitative estimate of drug-likeness (QED) is 0.0842. The van der Waals surface area contributed by atoms with Gasteiger partial charge in [0.2, 0.25) is 0 Å². The minimum atomic E-state index is 0.688. The van der Waals surface area contributed by atoms with E-state index < -0.39 is 0 Å². The Hall–Kier alpha value is -5.34. The summed E-state index contributed by atoms with van der Waals surface area (Å²) in [5, 5.41) is 15.5. The lowest BCUT2D eigenvalue weighted by molar-refractivity contribution is 0.299. The summed E-state index contributed by atoms with van der Waals surface area (Å²) < 4.78 is 13.7. The van der Waals surface area contributed by atoms with Crippen LogP contribution in [0.25, 0.3) is 86.9 Å². The summed E-state index contributed by atoms with van der Waals surface area (Å²) >= 11 is 0. The molecule has 0 fully saturated rings. The number of ether oxygens (including phenoxy) is 2. The van der Waals surface area contributed by atoms with Crippen molar-refractivity contribution in [2.45, 2.75) is 65.2 Å². The van der Waals surface area contributed by atoms with Gasteiger partial charge in [-0.15, -0.1) is 0 Å². The average molecular weight is 679 g/mol. The van der Waals surface area contributed by atoms with Crippen molar-refractivity contribution in [2.24, 2.45) is 0 Å². The van der Waals surface area contributed by atoms with Gasteiger partial charge in [-0.2, -0.15) is 0 Å². The van der Waals surface area contributed by atoms with Crippen LogP contribution in [-0.4, -0.2) is 13.2 Å². The highest BCUT2D eigenvalue weighted by Gasteiger charge is 2.21. The van der Waals surface area contributed by atoms with Gasteiger partial charge in [0, 0.05) is 11.1 Å². The third kappa shape index (κ3) is 5.66. The second-order valence-electron chi connectivity index (χ2n) is 14.6. The van der Waals surface area contributed by atoms with Gasteiger partial charge in [0.05, 0.1) is 13.2 Å². The highest BCUT2D eigenvalue weighted by molar-refractivity contribution is 6.27. The molecule has 0 saturated heterocycles. The lowest BCUT2D eigenvalue weighted by Gasteiger charge is -2.21. The monoisotopic (exact) mass is 678 g/mol. The third-order valence-electron chi connectivity index (χ3n) is 11.2. The minimum Gasteiger partial charge on any atom is -0.493 e. The molecule has 258 valence electrons. The summed E-state index contributed by atoms with van der Waals surface area (Å²) in [6.07, 6.45) is 9.28. The van der Waals surface area contributed by atoms with Gasteiger partial charge >= 0.3 is 0 Å². The predicted molar refractivity (Wildman–Crippen MR) is 224 cm³/mol. The maximum atomic E-state index is 6.87. The number of hydrogen-bond donors (Lipinski definition) is 0. The molecule has 9 aromatic carbocycles. The molecule has 2 heteroatoms. The summed E-state index contributed by atoms with van der Waals surface area (Å²) in [4.78, 5) is 0. The van der Waals surface area contributed by atoms with Crippen LogP contribution in [0.4, 0.5) is 0 Å². The number of rotatable bonds is 14. The molecule has 0 N–H and O–H groups in total. The molecule has 0 atom stereocenters. The molecule has 0 bridgehead atoms.